The van der Waals surface area contributed by atoms with Gasteiger partial charge in [0.25, 0.3) is 0 Å². The van der Waals surface area contributed by atoms with E-state index in [4.69, 9.17) is 10.5 Å². The van der Waals surface area contributed by atoms with Crippen LogP contribution in [0.1, 0.15) is 17.3 Å². The summed E-state index contributed by atoms with van der Waals surface area (Å²) in [7, 11) is 1.66. The van der Waals surface area contributed by atoms with Gasteiger partial charge in [-0.15, -0.1) is 5.10 Å². The van der Waals surface area contributed by atoms with Crippen LogP contribution in [0.2, 0.25) is 0 Å². The van der Waals surface area contributed by atoms with Gasteiger partial charge in [0.05, 0.1) is 18.8 Å². The Labute approximate surface area is 112 Å². The molecule has 0 amide bonds. The van der Waals surface area contributed by atoms with Crippen LogP contribution in [0.15, 0.2) is 28.1 Å². The summed E-state index contributed by atoms with van der Waals surface area (Å²) in [6, 6.07) is 5.72. The molecule has 0 radical (unpaired) electrons. The van der Waals surface area contributed by atoms with Crippen LogP contribution < -0.4 is 10.5 Å². The van der Waals surface area contributed by atoms with Crippen molar-refractivity contribution < 1.29 is 4.74 Å². The predicted octanol–water partition coefficient (Wildman–Crippen LogP) is 2.55. The number of nitrogens with two attached hydrogens (primary N) is 1. The molecule has 0 aliphatic carbocycles. The minimum absolute atomic E-state index is 0.156. The van der Waals surface area contributed by atoms with E-state index >= 15 is 0 Å². The van der Waals surface area contributed by atoms with Crippen molar-refractivity contribution in [2.75, 3.05) is 7.11 Å². The summed E-state index contributed by atoms with van der Waals surface area (Å²) in [6.07, 6.45) is 0.675. The number of benzene rings is 1. The normalized spacial score (nSPS) is 12.4. The number of aromatic nitrogens is 2. The number of methoxy groups -OCH3 is 1. The Morgan fingerprint density at radius 3 is 3.00 bits per heavy atom. The van der Waals surface area contributed by atoms with Crippen LogP contribution in [0.3, 0.4) is 0 Å². The second kappa shape index (κ2) is 5.57. The van der Waals surface area contributed by atoms with Gasteiger partial charge in [0.1, 0.15) is 5.75 Å². The molecule has 0 fully saturated rings. The standard InChI is InChI=1S/C11H12BrN3OS/c1-16-11-3-2-8(12)4-7(11)5-9(13)10-6-17-15-14-10/h2-4,6,9H,5,13H2,1H3. The second-order valence-corrected chi connectivity index (χ2v) is 5.12. The Bertz CT molecular complexity index is 489. The number of hydrogen-bond donors (Lipinski definition) is 1. The zero-order chi connectivity index (χ0) is 12.3. The molecule has 1 heterocycles. The van der Waals surface area contributed by atoms with E-state index in [0.29, 0.717) is 6.42 Å². The van der Waals surface area contributed by atoms with Gasteiger partial charge in [0, 0.05) is 9.85 Å². The van der Waals surface area contributed by atoms with Gasteiger partial charge >= 0.3 is 0 Å². The number of nitrogens with zero attached hydrogens (tertiary/aromatic N) is 2. The van der Waals surface area contributed by atoms with Crippen molar-refractivity contribution in [3.05, 3.63) is 39.3 Å². The SMILES string of the molecule is COc1ccc(Br)cc1CC(N)c1csnn1. The van der Waals surface area contributed by atoms with Gasteiger partial charge in [-0.05, 0) is 41.7 Å². The van der Waals surface area contributed by atoms with Gasteiger partial charge in [0.2, 0.25) is 0 Å². The summed E-state index contributed by atoms with van der Waals surface area (Å²) >= 11 is 4.75. The van der Waals surface area contributed by atoms with Gasteiger partial charge in [0.15, 0.2) is 0 Å². The highest BCUT2D eigenvalue weighted by Gasteiger charge is 2.13. The first-order chi connectivity index (χ1) is 8.20. The molecule has 2 rings (SSSR count). The van der Waals surface area contributed by atoms with Crippen LogP contribution in [-0.2, 0) is 6.42 Å². The van der Waals surface area contributed by atoms with Gasteiger partial charge in [-0.1, -0.05) is 20.4 Å². The first-order valence-corrected chi connectivity index (χ1v) is 6.68. The third-order valence-corrected chi connectivity index (χ3v) is 3.46. The fourth-order valence-electron chi connectivity index (χ4n) is 1.58. The minimum atomic E-state index is -0.156. The molecular weight excluding hydrogens is 302 g/mol. The molecule has 1 aromatic carbocycles. The van der Waals surface area contributed by atoms with Crippen molar-refractivity contribution in [3.8, 4) is 5.75 Å². The monoisotopic (exact) mass is 313 g/mol. The quantitative estimate of drug-likeness (QED) is 0.942. The molecule has 17 heavy (non-hydrogen) atoms. The average Bonchev–Trinajstić information content (AvgIpc) is 2.83. The lowest BCUT2D eigenvalue weighted by Crippen LogP contribution is -2.14. The van der Waals surface area contributed by atoms with Gasteiger partial charge in [-0.25, -0.2) is 0 Å². The number of ether oxygens (including phenoxy) is 1. The second-order valence-electron chi connectivity index (χ2n) is 3.60. The van der Waals surface area contributed by atoms with Gasteiger partial charge in [-0.3, -0.25) is 0 Å². The Morgan fingerprint density at radius 2 is 2.35 bits per heavy atom. The summed E-state index contributed by atoms with van der Waals surface area (Å²) in [4.78, 5) is 0. The van der Waals surface area contributed by atoms with Crippen LogP contribution in [0, 0.1) is 0 Å². The lowest BCUT2D eigenvalue weighted by Gasteiger charge is -2.12. The first kappa shape index (κ1) is 12.5. The summed E-state index contributed by atoms with van der Waals surface area (Å²) < 4.78 is 10.1. The maximum Gasteiger partial charge on any atom is 0.122 e. The Hall–Kier alpha value is -0.980. The van der Waals surface area contributed by atoms with Crippen LogP contribution in [0.4, 0.5) is 0 Å². The molecule has 0 saturated carbocycles. The summed E-state index contributed by atoms with van der Waals surface area (Å²) in [5, 5.41) is 5.85. The highest BCUT2D eigenvalue weighted by molar-refractivity contribution is 9.10. The molecule has 1 atom stereocenters. The van der Waals surface area contributed by atoms with Crippen molar-refractivity contribution >= 4 is 27.5 Å². The van der Waals surface area contributed by atoms with Crippen molar-refractivity contribution in [1.82, 2.24) is 9.59 Å². The molecule has 1 unspecified atom stereocenters. The van der Waals surface area contributed by atoms with E-state index in [1.54, 1.807) is 7.11 Å². The predicted molar refractivity (Wildman–Crippen MR) is 71.2 cm³/mol. The number of rotatable bonds is 4. The molecule has 0 saturated heterocycles. The van der Waals surface area contributed by atoms with E-state index in [1.165, 1.54) is 11.5 Å². The third kappa shape index (κ3) is 3.02. The molecule has 90 valence electrons. The van der Waals surface area contributed by atoms with Crippen LogP contribution in [0.25, 0.3) is 0 Å². The summed E-state index contributed by atoms with van der Waals surface area (Å²) in [5.74, 6) is 0.840. The van der Waals surface area contributed by atoms with Crippen molar-refractivity contribution in [2.24, 2.45) is 5.73 Å². The Balaban J connectivity index is 2.20. The largest absolute Gasteiger partial charge is 0.496 e. The van der Waals surface area contributed by atoms with Gasteiger partial charge < -0.3 is 10.5 Å². The highest BCUT2D eigenvalue weighted by Crippen LogP contribution is 2.26. The number of hydrogen-bond acceptors (Lipinski definition) is 5. The molecule has 4 nitrogen and oxygen atoms in total. The molecule has 0 aliphatic heterocycles. The molecule has 1 aromatic heterocycles. The average molecular weight is 314 g/mol. The lowest BCUT2D eigenvalue weighted by atomic mass is 10.0. The fraction of sp³-hybridized carbons (Fsp3) is 0.273. The first-order valence-electron chi connectivity index (χ1n) is 5.05. The molecule has 2 N–H and O–H groups in total. The van der Waals surface area contributed by atoms with Crippen molar-refractivity contribution in [2.45, 2.75) is 12.5 Å². The van der Waals surface area contributed by atoms with Gasteiger partial charge in [-0.2, -0.15) is 0 Å². The molecule has 6 heteroatoms. The van der Waals surface area contributed by atoms with Crippen molar-refractivity contribution in [3.63, 3.8) is 0 Å². The topological polar surface area (TPSA) is 61.0 Å². The summed E-state index contributed by atoms with van der Waals surface area (Å²) in [5.41, 5.74) is 7.95. The fourth-order valence-corrected chi connectivity index (χ4v) is 2.51. The maximum absolute atomic E-state index is 6.08. The Kier molecular flexibility index (Phi) is 4.09. The molecule has 0 bridgehead atoms. The molecule has 0 spiro atoms. The van der Waals surface area contributed by atoms with E-state index < -0.39 is 0 Å². The molecule has 0 aliphatic rings. The van der Waals surface area contributed by atoms with E-state index in [9.17, 15) is 0 Å². The van der Waals surface area contributed by atoms with E-state index in [-0.39, 0.29) is 6.04 Å². The Morgan fingerprint density at radius 1 is 1.53 bits per heavy atom. The third-order valence-electron chi connectivity index (χ3n) is 2.44. The zero-order valence-corrected chi connectivity index (χ0v) is 11.7. The number of halogens is 1. The highest BCUT2D eigenvalue weighted by atomic mass is 79.9. The molecule has 2 aromatic rings. The zero-order valence-electron chi connectivity index (χ0n) is 9.26. The lowest BCUT2D eigenvalue weighted by molar-refractivity contribution is 0.408. The summed E-state index contributed by atoms with van der Waals surface area (Å²) in [6.45, 7) is 0. The van der Waals surface area contributed by atoms with E-state index in [0.717, 1.165) is 21.5 Å². The van der Waals surface area contributed by atoms with Crippen LogP contribution >= 0.6 is 27.5 Å². The van der Waals surface area contributed by atoms with Crippen LogP contribution in [-0.4, -0.2) is 16.7 Å². The minimum Gasteiger partial charge on any atom is -0.496 e. The maximum atomic E-state index is 6.08. The van der Waals surface area contributed by atoms with Crippen molar-refractivity contribution in [1.29, 1.82) is 0 Å². The van der Waals surface area contributed by atoms with Crippen LogP contribution in [0.5, 0.6) is 5.75 Å². The smallest absolute Gasteiger partial charge is 0.122 e. The van der Waals surface area contributed by atoms with E-state index in [1.807, 2.05) is 23.6 Å². The molecular formula is C11H12BrN3OS. The van der Waals surface area contributed by atoms with E-state index in [2.05, 4.69) is 25.5 Å².